The Morgan fingerprint density at radius 3 is 2.21 bits per heavy atom. The van der Waals surface area contributed by atoms with Gasteiger partial charge in [-0.25, -0.2) is 0 Å². The van der Waals surface area contributed by atoms with Crippen LogP contribution in [0.1, 0.15) is 24.5 Å². The molecule has 2 nitrogen and oxygen atoms in total. The molecule has 14 heavy (non-hydrogen) atoms. The van der Waals surface area contributed by atoms with Crippen molar-refractivity contribution in [2.45, 2.75) is 32.3 Å². The van der Waals surface area contributed by atoms with Gasteiger partial charge in [0.15, 0.2) is 0 Å². The summed E-state index contributed by atoms with van der Waals surface area (Å²) in [6, 6.07) is 8.21. The normalized spacial score (nSPS) is 12.8. The maximum Gasteiger partial charge on any atom is 0.0811 e. The van der Waals surface area contributed by atoms with Gasteiger partial charge in [-0.15, -0.1) is 0 Å². The molecule has 2 N–H and O–H groups in total. The molecular weight excluding hydrogens is 176 g/mol. The fourth-order valence-electron chi connectivity index (χ4n) is 1.47. The van der Waals surface area contributed by atoms with Crippen LogP contribution in [-0.2, 0) is 12.8 Å². The highest BCUT2D eigenvalue weighted by Gasteiger charge is 2.03. The zero-order valence-corrected chi connectivity index (χ0v) is 8.61. The van der Waals surface area contributed by atoms with Crippen LogP contribution in [0.4, 0.5) is 0 Å². The largest absolute Gasteiger partial charge is 0.394 e. The van der Waals surface area contributed by atoms with Crippen molar-refractivity contribution in [3.05, 3.63) is 35.4 Å². The number of hydrogen-bond acceptors (Lipinski definition) is 2. The summed E-state index contributed by atoms with van der Waals surface area (Å²) < 4.78 is 0. The predicted molar refractivity (Wildman–Crippen MR) is 57.2 cm³/mol. The molecule has 1 aromatic rings. The summed E-state index contributed by atoms with van der Waals surface area (Å²) in [4.78, 5) is 0. The molecule has 0 aromatic heterocycles. The summed E-state index contributed by atoms with van der Waals surface area (Å²) in [5.41, 5.74) is 2.40. The van der Waals surface area contributed by atoms with E-state index >= 15 is 0 Å². The first kappa shape index (κ1) is 11.2. The monoisotopic (exact) mass is 194 g/mol. The molecule has 0 fully saturated rings. The Labute approximate surface area is 85.2 Å². The maximum atomic E-state index is 9.23. The van der Waals surface area contributed by atoms with Crippen molar-refractivity contribution < 1.29 is 10.2 Å². The minimum atomic E-state index is -0.632. The average molecular weight is 194 g/mol. The molecule has 0 saturated carbocycles. The molecule has 0 heterocycles. The van der Waals surface area contributed by atoms with Gasteiger partial charge in [0.25, 0.3) is 0 Å². The quantitative estimate of drug-likeness (QED) is 0.746. The zero-order chi connectivity index (χ0) is 10.4. The van der Waals surface area contributed by atoms with E-state index < -0.39 is 6.10 Å². The van der Waals surface area contributed by atoms with Gasteiger partial charge in [0.05, 0.1) is 12.7 Å². The average Bonchev–Trinajstić information content (AvgIpc) is 2.21. The van der Waals surface area contributed by atoms with Gasteiger partial charge < -0.3 is 10.2 Å². The van der Waals surface area contributed by atoms with Gasteiger partial charge in [-0.3, -0.25) is 0 Å². The Bertz CT molecular complexity index is 254. The molecule has 0 bridgehead atoms. The van der Waals surface area contributed by atoms with Crippen molar-refractivity contribution >= 4 is 0 Å². The zero-order valence-electron chi connectivity index (χ0n) is 8.61. The van der Waals surface area contributed by atoms with Gasteiger partial charge in [-0.1, -0.05) is 37.6 Å². The van der Waals surface area contributed by atoms with Gasteiger partial charge in [0, 0.05) is 6.42 Å². The molecule has 0 amide bonds. The van der Waals surface area contributed by atoms with E-state index in [2.05, 4.69) is 19.1 Å². The minimum absolute atomic E-state index is 0.170. The van der Waals surface area contributed by atoms with Crippen LogP contribution in [0.25, 0.3) is 0 Å². The lowest BCUT2D eigenvalue weighted by Crippen LogP contribution is -2.14. The fraction of sp³-hybridized carbons (Fsp3) is 0.500. The van der Waals surface area contributed by atoms with Crippen LogP contribution in [0.5, 0.6) is 0 Å². The van der Waals surface area contributed by atoms with Crippen LogP contribution in [0.2, 0.25) is 0 Å². The van der Waals surface area contributed by atoms with Crippen LogP contribution in [-0.4, -0.2) is 22.9 Å². The second-order valence-electron chi connectivity index (χ2n) is 3.61. The Morgan fingerprint density at radius 2 is 1.71 bits per heavy atom. The van der Waals surface area contributed by atoms with E-state index in [1.54, 1.807) is 0 Å². The molecule has 1 atom stereocenters. The molecule has 78 valence electrons. The molecule has 0 aliphatic carbocycles. The number of hydrogen-bond donors (Lipinski definition) is 2. The first-order chi connectivity index (χ1) is 6.76. The van der Waals surface area contributed by atoms with Crippen LogP contribution >= 0.6 is 0 Å². The molecule has 0 radical (unpaired) electrons. The second kappa shape index (κ2) is 5.78. The molecule has 0 saturated heterocycles. The Balaban J connectivity index is 2.54. The summed E-state index contributed by atoms with van der Waals surface area (Å²) >= 11 is 0. The second-order valence-corrected chi connectivity index (χ2v) is 3.61. The maximum absolute atomic E-state index is 9.23. The molecule has 1 aromatic carbocycles. The van der Waals surface area contributed by atoms with Crippen molar-refractivity contribution in [1.29, 1.82) is 0 Å². The van der Waals surface area contributed by atoms with Gasteiger partial charge in [-0.05, 0) is 17.5 Å². The highest BCUT2D eigenvalue weighted by atomic mass is 16.3. The smallest absolute Gasteiger partial charge is 0.0811 e. The first-order valence-electron chi connectivity index (χ1n) is 5.13. The lowest BCUT2D eigenvalue weighted by molar-refractivity contribution is 0.0955. The van der Waals surface area contributed by atoms with E-state index in [1.165, 1.54) is 5.56 Å². The minimum Gasteiger partial charge on any atom is -0.394 e. The standard InChI is InChI=1S/C12H18O2/c1-2-3-10-4-6-11(7-5-10)8-12(14)9-13/h4-7,12-14H,2-3,8-9H2,1H3. The van der Waals surface area contributed by atoms with E-state index in [-0.39, 0.29) is 6.61 Å². The van der Waals surface area contributed by atoms with Gasteiger partial charge >= 0.3 is 0 Å². The SMILES string of the molecule is CCCc1ccc(CC(O)CO)cc1. The van der Waals surface area contributed by atoms with Crippen molar-refractivity contribution in [3.63, 3.8) is 0 Å². The van der Waals surface area contributed by atoms with Crippen molar-refractivity contribution in [3.8, 4) is 0 Å². The lowest BCUT2D eigenvalue weighted by Gasteiger charge is -2.07. The Hall–Kier alpha value is -0.860. The summed E-state index contributed by atoms with van der Waals surface area (Å²) in [6.07, 6.45) is 2.15. The summed E-state index contributed by atoms with van der Waals surface area (Å²) in [5, 5.41) is 17.9. The number of rotatable bonds is 5. The predicted octanol–water partition coefficient (Wildman–Crippen LogP) is 1.53. The van der Waals surface area contributed by atoms with Gasteiger partial charge in [-0.2, -0.15) is 0 Å². The van der Waals surface area contributed by atoms with E-state index in [1.807, 2.05) is 12.1 Å². The first-order valence-corrected chi connectivity index (χ1v) is 5.13. The number of aryl methyl sites for hydroxylation is 1. The molecule has 0 aliphatic heterocycles. The third kappa shape index (κ3) is 3.48. The molecule has 2 heteroatoms. The van der Waals surface area contributed by atoms with Crippen molar-refractivity contribution in [2.75, 3.05) is 6.61 Å². The lowest BCUT2D eigenvalue weighted by atomic mass is 10.0. The van der Waals surface area contributed by atoms with Crippen molar-refractivity contribution in [1.82, 2.24) is 0 Å². The van der Waals surface area contributed by atoms with E-state index in [0.29, 0.717) is 6.42 Å². The third-order valence-corrected chi connectivity index (χ3v) is 2.24. The Morgan fingerprint density at radius 1 is 1.14 bits per heavy atom. The van der Waals surface area contributed by atoms with Crippen molar-refractivity contribution in [2.24, 2.45) is 0 Å². The molecular formula is C12H18O2. The van der Waals surface area contributed by atoms with Gasteiger partial charge in [0.2, 0.25) is 0 Å². The number of aliphatic hydroxyl groups excluding tert-OH is 2. The molecule has 0 spiro atoms. The van der Waals surface area contributed by atoms with Crippen LogP contribution in [0, 0.1) is 0 Å². The van der Waals surface area contributed by atoms with Gasteiger partial charge in [0.1, 0.15) is 0 Å². The topological polar surface area (TPSA) is 40.5 Å². The summed E-state index contributed by atoms with van der Waals surface area (Å²) in [7, 11) is 0. The van der Waals surface area contributed by atoms with E-state index in [9.17, 15) is 5.11 Å². The van der Waals surface area contributed by atoms with E-state index in [4.69, 9.17) is 5.11 Å². The summed E-state index contributed by atoms with van der Waals surface area (Å²) in [5.74, 6) is 0. The van der Waals surface area contributed by atoms with E-state index in [0.717, 1.165) is 18.4 Å². The fourth-order valence-corrected chi connectivity index (χ4v) is 1.47. The number of aliphatic hydroxyl groups is 2. The van der Waals surface area contributed by atoms with Crippen LogP contribution in [0.15, 0.2) is 24.3 Å². The van der Waals surface area contributed by atoms with Crippen LogP contribution in [0.3, 0.4) is 0 Å². The highest BCUT2D eigenvalue weighted by molar-refractivity contribution is 5.23. The highest BCUT2D eigenvalue weighted by Crippen LogP contribution is 2.08. The molecule has 1 unspecified atom stereocenters. The number of benzene rings is 1. The third-order valence-electron chi connectivity index (χ3n) is 2.24. The molecule has 1 rings (SSSR count). The van der Waals surface area contributed by atoms with Crippen LogP contribution < -0.4 is 0 Å². The molecule has 0 aliphatic rings. The summed E-state index contributed by atoms with van der Waals surface area (Å²) in [6.45, 7) is 1.99. The Kier molecular flexibility index (Phi) is 4.63.